The highest BCUT2D eigenvalue weighted by atomic mass is 19.2. The Kier molecular flexibility index (Phi) is 1.98. The standard InChI is InChI=1S/C10H8F2O2/c1-5-2-9(13)6-3-7(11)8(12)4-10(6)14-5/h3-5H,2H2,1H3. The Morgan fingerprint density at radius 3 is 2.71 bits per heavy atom. The minimum atomic E-state index is -1.02. The van der Waals surface area contributed by atoms with Crippen molar-refractivity contribution in [1.82, 2.24) is 0 Å². The molecule has 0 radical (unpaired) electrons. The van der Waals surface area contributed by atoms with E-state index in [9.17, 15) is 13.6 Å². The molecule has 2 nitrogen and oxygen atoms in total. The third-order valence-corrected chi connectivity index (χ3v) is 2.12. The summed E-state index contributed by atoms with van der Waals surface area (Å²) in [5, 5.41) is 0. The van der Waals surface area contributed by atoms with Crippen molar-refractivity contribution >= 4 is 5.78 Å². The Morgan fingerprint density at radius 2 is 2.00 bits per heavy atom. The second-order valence-electron chi connectivity index (χ2n) is 3.32. The molecule has 0 fully saturated rings. The molecule has 1 unspecified atom stereocenters. The number of ether oxygens (including phenoxy) is 1. The molecule has 0 aromatic heterocycles. The summed E-state index contributed by atoms with van der Waals surface area (Å²) in [5.74, 6) is -2.09. The van der Waals surface area contributed by atoms with Gasteiger partial charge in [0.2, 0.25) is 0 Å². The van der Waals surface area contributed by atoms with Gasteiger partial charge in [-0.3, -0.25) is 4.79 Å². The first kappa shape index (κ1) is 9.12. The van der Waals surface area contributed by atoms with E-state index in [0.717, 1.165) is 12.1 Å². The first-order chi connectivity index (χ1) is 6.58. The molecule has 2 rings (SSSR count). The van der Waals surface area contributed by atoms with Gasteiger partial charge in [0.25, 0.3) is 0 Å². The molecule has 1 aliphatic heterocycles. The van der Waals surface area contributed by atoms with Crippen molar-refractivity contribution in [2.75, 3.05) is 0 Å². The lowest BCUT2D eigenvalue weighted by molar-refractivity contribution is 0.0869. The molecule has 4 heteroatoms. The molecule has 0 bridgehead atoms. The summed E-state index contributed by atoms with van der Waals surface area (Å²) >= 11 is 0. The van der Waals surface area contributed by atoms with Crippen LogP contribution in [0.25, 0.3) is 0 Å². The first-order valence-corrected chi connectivity index (χ1v) is 4.27. The zero-order chi connectivity index (χ0) is 10.3. The van der Waals surface area contributed by atoms with Gasteiger partial charge in [0.1, 0.15) is 11.9 Å². The van der Waals surface area contributed by atoms with Crippen LogP contribution in [-0.2, 0) is 0 Å². The SMILES string of the molecule is CC1CC(=O)c2cc(F)c(F)cc2O1. The molecule has 0 saturated heterocycles. The lowest BCUT2D eigenvalue weighted by atomic mass is 10.0. The number of Topliss-reactive ketones (excluding diaryl/α,β-unsaturated/α-hetero) is 1. The van der Waals surface area contributed by atoms with Gasteiger partial charge in [-0.05, 0) is 13.0 Å². The van der Waals surface area contributed by atoms with Gasteiger partial charge in [0, 0.05) is 12.5 Å². The molecule has 74 valence electrons. The Balaban J connectivity index is 2.55. The molecular weight excluding hydrogens is 190 g/mol. The normalized spacial score (nSPS) is 20.2. The van der Waals surface area contributed by atoms with Gasteiger partial charge < -0.3 is 4.74 Å². The van der Waals surface area contributed by atoms with Crippen LogP contribution in [0.5, 0.6) is 5.75 Å². The molecule has 1 aromatic rings. The van der Waals surface area contributed by atoms with Crippen LogP contribution in [0.1, 0.15) is 23.7 Å². The fourth-order valence-electron chi connectivity index (χ4n) is 1.47. The van der Waals surface area contributed by atoms with Crippen molar-refractivity contribution in [3.8, 4) is 5.75 Å². The van der Waals surface area contributed by atoms with E-state index in [2.05, 4.69) is 0 Å². The van der Waals surface area contributed by atoms with Gasteiger partial charge in [-0.15, -0.1) is 0 Å². The fraction of sp³-hybridized carbons (Fsp3) is 0.300. The van der Waals surface area contributed by atoms with E-state index in [1.807, 2.05) is 0 Å². The van der Waals surface area contributed by atoms with Crippen molar-refractivity contribution in [1.29, 1.82) is 0 Å². The van der Waals surface area contributed by atoms with Crippen molar-refractivity contribution < 1.29 is 18.3 Å². The lowest BCUT2D eigenvalue weighted by Gasteiger charge is -2.22. The maximum Gasteiger partial charge on any atom is 0.170 e. The number of carbonyl (C=O) groups is 1. The van der Waals surface area contributed by atoms with E-state index in [4.69, 9.17) is 4.74 Å². The monoisotopic (exact) mass is 198 g/mol. The maximum absolute atomic E-state index is 12.8. The van der Waals surface area contributed by atoms with Crippen molar-refractivity contribution in [2.45, 2.75) is 19.4 Å². The predicted molar refractivity (Wildman–Crippen MR) is 45.4 cm³/mol. The number of ketones is 1. The molecule has 0 N–H and O–H groups in total. The second kappa shape index (κ2) is 3.04. The van der Waals surface area contributed by atoms with Crippen LogP contribution in [0.15, 0.2) is 12.1 Å². The maximum atomic E-state index is 12.8. The molecule has 1 aromatic carbocycles. The third kappa shape index (κ3) is 1.36. The van der Waals surface area contributed by atoms with Gasteiger partial charge in [-0.25, -0.2) is 8.78 Å². The van der Waals surface area contributed by atoms with E-state index in [1.165, 1.54) is 0 Å². The summed E-state index contributed by atoms with van der Waals surface area (Å²) in [6.45, 7) is 1.71. The summed E-state index contributed by atoms with van der Waals surface area (Å²) in [7, 11) is 0. The number of fused-ring (bicyclic) bond motifs is 1. The van der Waals surface area contributed by atoms with Crippen LogP contribution >= 0.6 is 0 Å². The van der Waals surface area contributed by atoms with Gasteiger partial charge in [-0.2, -0.15) is 0 Å². The summed E-state index contributed by atoms with van der Waals surface area (Å²) in [4.78, 5) is 11.4. The number of rotatable bonds is 0. The lowest BCUT2D eigenvalue weighted by Crippen LogP contribution is -2.24. The summed E-state index contributed by atoms with van der Waals surface area (Å²) in [6.07, 6.45) is -0.0715. The molecule has 0 amide bonds. The van der Waals surface area contributed by atoms with Crippen LogP contribution in [-0.4, -0.2) is 11.9 Å². The van der Waals surface area contributed by atoms with E-state index in [1.54, 1.807) is 6.92 Å². The summed E-state index contributed by atoms with van der Waals surface area (Å²) < 4.78 is 30.8. The zero-order valence-corrected chi connectivity index (χ0v) is 7.51. The Bertz CT molecular complexity index is 401. The number of halogens is 2. The average molecular weight is 198 g/mol. The van der Waals surface area contributed by atoms with Gasteiger partial charge in [-0.1, -0.05) is 0 Å². The van der Waals surface area contributed by atoms with Crippen molar-refractivity contribution in [3.63, 3.8) is 0 Å². The number of benzene rings is 1. The summed E-state index contributed by atoms with van der Waals surface area (Å²) in [6, 6.07) is 1.80. The minimum Gasteiger partial charge on any atom is -0.489 e. The highest BCUT2D eigenvalue weighted by Crippen LogP contribution is 2.29. The van der Waals surface area contributed by atoms with Crippen LogP contribution in [0.2, 0.25) is 0 Å². The Morgan fingerprint density at radius 1 is 1.36 bits per heavy atom. The van der Waals surface area contributed by atoms with Gasteiger partial charge >= 0.3 is 0 Å². The Hall–Kier alpha value is -1.45. The highest BCUT2D eigenvalue weighted by molar-refractivity contribution is 5.99. The molecule has 0 spiro atoms. The molecule has 1 heterocycles. The second-order valence-corrected chi connectivity index (χ2v) is 3.32. The highest BCUT2D eigenvalue weighted by Gasteiger charge is 2.25. The average Bonchev–Trinajstić information content (AvgIpc) is 2.08. The third-order valence-electron chi connectivity index (χ3n) is 2.12. The topological polar surface area (TPSA) is 26.3 Å². The van der Waals surface area contributed by atoms with E-state index < -0.39 is 11.6 Å². The van der Waals surface area contributed by atoms with Crippen LogP contribution < -0.4 is 4.74 Å². The van der Waals surface area contributed by atoms with E-state index in [-0.39, 0.29) is 29.6 Å². The van der Waals surface area contributed by atoms with Gasteiger partial charge in [0.05, 0.1) is 5.56 Å². The first-order valence-electron chi connectivity index (χ1n) is 4.27. The number of hydrogen-bond acceptors (Lipinski definition) is 2. The number of carbonyl (C=O) groups excluding carboxylic acids is 1. The molecule has 1 atom stereocenters. The predicted octanol–water partition coefficient (Wildman–Crippen LogP) is 2.32. The van der Waals surface area contributed by atoms with Crippen molar-refractivity contribution in [2.24, 2.45) is 0 Å². The molecule has 0 aliphatic carbocycles. The zero-order valence-electron chi connectivity index (χ0n) is 7.51. The van der Waals surface area contributed by atoms with Crippen LogP contribution in [0, 0.1) is 11.6 Å². The Labute approximate surface area is 79.5 Å². The van der Waals surface area contributed by atoms with Crippen LogP contribution in [0.4, 0.5) is 8.78 Å². The van der Waals surface area contributed by atoms with Gasteiger partial charge in [0.15, 0.2) is 17.4 Å². The van der Waals surface area contributed by atoms with E-state index >= 15 is 0 Å². The molecule has 0 saturated carbocycles. The number of hydrogen-bond donors (Lipinski definition) is 0. The van der Waals surface area contributed by atoms with E-state index in [0.29, 0.717) is 0 Å². The van der Waals surface area contributed by atoms with Crippen LogP contribution in [0.3, 0.4) is 0 Å². The van der Waals surface area contributed by atoms with Crippen molar-refractivity contribution in [3.05, 3.63) is 29.3 Å². The largest absolute Gasteiger partial charge is 0.489 e. The summed E-state index contributed by atoms with van der Waals surface area (Å²) in [5.41, 5.74) is 0.127. The smallest absolute Gasteiger partial charge is 0.170 e. The quantitative estimate of drug-likeness (QED) is 0.639. The fourth-order valence-corrected chi connectivity index (χ4v) is 1.47. The molecule has 1 aliphatic rings. The molecule has 14 heavy (non-hydrogen) atoms. The minimum absolute atomic E-state index is 0.127. The molecular formula is C10H8F2O2.